The monoisotopic (exact) mass is 348 g/mol. The van der Waals surface area contributed by atoms with Gasteiger partial charge in [-0.1, -0.05) is 6.07 Å². The third kappa shape index (κ3) is 4.65. The molecule has 0 saturated carbocycles. The Labute approximate surface area is 144 Å². The molecule has 0 saturated heterocycles. The number of aryl methyl sites for hydroxylation is 1. The van der Waals surface area contributed by atoms with E-state index >= 15 is 0 Å². The summed E-state index contributed by atoms with van der Waals surface area (Å²) in [4.78, 5) is 16.4. The molecule has 0 bridgehead atoms. The van der Waals surface area contributed by atoms with E-state index in [0.717, 1.165) is 36.9 Å². The number of rotatable bonds is 6. The summed E-state index contributed by atoms with van der Waals surface area (Å²) < 4.78 is 34.4. The van der Waals surface area contributed by atoms with Gasteiger partial charge in [-0.05, 0) is 43.9 Å². The Morgan fingerprint density at radius 3 is 2.92 bits per heavy atom. The standard InChI is InChI=1S/C18H18F2N2O3/c19-18(20)25-13-5-3-4-12(10-13)22-17(23)11-24-16-8-9-21-15-7-2-1-6-14(15)16/h3-5,8-10,18H,1-2,6-7,11H2,(H,22,23). The van der Waals surface area contributed by atoms with Gasteiger partial charge in [-0.15, -0.1) is 0 Å². The smallest absolute Gasteiger partial charge is 0.387 e. The van der Waals surface area contributed by atoms with Crippen LogP contribution in [-0.4, -0.2) is 24.1 Å². The summed E-state index contributed by atoms with van der Waals surface area (Å²) in [7, 11) is 0. The van der Waals surface area contributed by atoms with Crippen LogP contribution in [0.3, 0.4) is 0 Å². The second kappa shape index (κ2) is 7.92. The Hall–Kier alpha value is -2.70. The lowest BCUT2D eigenvalue weighted by Crippen LogP contribution is -2.21. The predicted molar refractivity (Wildman–Crippen MR) is 88.1 cm³/mol. The molecule has 1 aliphatic rings. The maximum Gasteiger partial charge on any atom is 0.387 e. The van der Waals surface area contributed by atoms with Crippen molar-refractivity contribution in [3.05, 3.63) is 47.8 Å². The topological polar surface area (TPSA) is 60.5 Å². The highest BCUT2D eigenvalue weighted by atomic mass is 19.3. The third-order valence-electron chi connectivity index (χ3n) is 3.89. The Morgan fingerprint density at radius 1 is 1.24 bits per heavy atom. The van der Waals surface area contributed by atoms with Crippen molar-refractivity contribution in [2.75, 3.05) is 11.9 Å². The van der Waals surface area contributed by atoms with E-state index in [4.69, 9.17) is 4.74 Å². The maximum absolute atomic E-state index is 12.2. The van der Waals surface area contributed by atoms with E-state index in [0.29, 0.717) is 11.4 Å². The summed E-state index contributed by atoms with van der Waals surface area (Å²) in [5.41, 5.74) is 2.46. The zero-order valence-corrected chi connectivity index (χ0v) is 13.5. The molecule has 1 N–H and O–H groups in total. The minimum absolute atomic E-state index is 0.0167. The van der Waals surface area contributed by atoms with Crippen molar-refractivity contribution in [1.82, 2.24) is 4.98 Å². The van der Waals surface area contributed by atoms with Crippen molar-refractivity contribution < 1.29 is 23.0 Å². The average Bonchev–Trinajstić information content (AvgIpc) is 2.59. The van der Waals surface area contributed by atoms with Gasteiger partial charge in [-0.3, -0.25) is 9.78 Å². The van der Waals surface area contributed by atoms with Crippen molar-refractivity contribution >= 4 is 11.6 Å². The van der Waals surface area contributed by atoms with Crippen molar-refractivity contribution in [1.29, 1.82) is 0 Å². The van der Waals surface area contributed by atoms with Crippen LogP contribution in [0.5, 0.6) is 11.5 Å². The first-order chi connectivity index (χ1) is 12.1. The number of carbonyl (C=O) groups excluding carboxylic acids is 1. The fourth-order valence-electron chi connectivity index (χ4n) is 2.82. The van der Waals surface area contributed by atoms with Gasteiger partial charge in [0.05, 0.1) is 0 Å². The molecular formula is C18H18F2N2O3. The maximum atomic E-state index is 12.2. The molecule has 5 nitrogen and oxygen atoms in total. The molecule has 0 spiro atoms. The first kappa shape index (κ1) is 17.1. The zero-order valence-electron chi connectivity index (χ0n) is 13.5. The molecule has 0 atom stereocenters. The van der Waals surface area contributed by atoms with Gasteiger partial charge in [0, 0.05) is 29.2 Å². The lowest BCUT2D eigenvalue weighted by Gasteiger charge is -2.18. The Bertz CT molecular complexity index is 753. The summed E-state index contributed by atoms with van der Waals surface area (Å²) in [6.45, 7) is -3.08. The minimum Gasteiger partial charge on any atom is -0.483 e. The first-order valence-corrected chi connectivity index (χ1v) is 8.06. The quantitative estimate of drug-likeness (QED) is 0.867. The number of benzene rings is 1. The first-order valence-electron chi connectivity index (χ1n) is 8.06. The van der Waals surface area contributed by atoms with Crippen LogP contribution < -0.4 is 14.8 Å². The number of amides is 1. The molecule has 3 rings (SSSR count). The molecule has 0 radical (unpaired) electrons. The number of halogens is 2. The lowest BCUT2D eigenvalue weighted by atomic mass is 9.95. The fraction of sp³-hybridized carbons (Fsp3) is 0.333. The molecule has 25 heavy (non-hydrogen) atoms. The normalized spacial score (nSPS) is 13.2. The summed E-state index contributed by atoms with van der Waals surface area (Å²) in [5, 5.41) is 2.60. The Kier molecular flexibility index (Phi) is 5.42. The second-order valence-electron chi connectivity index (χ2n) is 5.68. The molecule has 1 aromatic heterocycles. The number of anilines is 1. The summed E-state index contributed by atoms with van der Waals surface area (Å²) in [6, 6.07) is 7.59. The number of fused-ring (bicyclic) bond motifs is 1. The molecular weight excluding hydrogens is 330 g/mol. The molecule has 7 heteroatoms. The molecule has 1 aromatic carbocycles. The van der Waals surface area contributed by atoms with Crippen LogP contribution in [0.4, 0.5) is 14.5 Å². The van der Waals surface area contributed by atoms with Gasteiger partial charge in [0.15, 0.2) is 6.61 Å². The van der Waals surface area contributed by atoms with Crippen molar-refractivity contribution in [2.24, 2.45) is 0 Å². The average molecular weight is 348 g/mol. The summed E-state index contributed by atoms with van der Waals surface area (Å²) in [5.74, 6) is 0.280. The van der Waals surface area contributed by atoms with Crippen LogP contribution in [0.25, 0.3) is 0 Å². The predicted octanol–water partition coefficient (Wildman–Crippen LogP) is 3.58. The second-order valence-corrected chi connectivity index (χ2v) is 5.68. The van der Waals surface area contributed by atoms with E-state index in [9.17, 15) is 13.6 Å². The van der Waals surface area contributed by atoms with E-state index in [1.54, 1.807) is 18.3 Å². The number of alkyl halides is 2. The molecule has 0 fully saturated rings. The number of pyridine rings is 1. The van der Waals surface area contributed by atoms with Crippen molar-refractivity contribution in [3.63, 3.8) is 0 Å². The number of nitrogens with zero attached hydrogens (tertiary/aromatic N) is 1. The van der Waals surface area contributed by atoms with Crippen LogP contribution in [-0.2, 0) is 17.6 Å². The van der Waals surface area contributed by atoms with Gasteiger partial charge in [0.2, 0.25) is 0 Å². The van der Waals surface area contributed by atoms with E-state index in [2.05, 4.69) is 15.0 Å². The zero-order chi connectivity index (χ0) is 17.6. The van der Waals surface area contributed by atoms with Gasteiger partial charge in [-0.25, -0.2) is 0 Å². The Balaban J connectivity index is 1.59. The van der Waals surface area contributed by atoms with Crippen LogP contribution >= 0.6 is 0 Å². The lowest BCUT2D eigenvalue weighted by molar-refractivity contribution is -0.118. The van der Waals surface area contributed by atoms with E-state index in [1.165, 1.54) is 18.2 Å². The van der Waals surface area contributed by atoms with Crippen LogP contribution in [0, 0.1) is 0 Å². The fourth-order valence-corrected chi connectivity index (χ4v) is 2.82. The summed E-state index contributed by atoms with van der Waals surface area (Å²) in [6.07, 6.45) is 5.70. The van der Waals surface area contributed by atoms with Gasteiger partial charge < -0.3 is 14.8 Å². The number of nitrogens with one attached hydrogen (secondary N) is 1. The van der Waals surface area contributed by atoms with Crippen LogP contribution in [0.15, 0.2) is 36.5 Å². The number of carbonyl (C=O) groups is 1. The van der Waals surface area contributed by atoms with Crippen molar-refractivity contribution in [2.45, 2.75) is 32.3 Å². The van der Waals surface area contributed by atoms with E-state index in [1.807, 2.05) is 0 Å². The molecule has 1 heterocycles. The van der Waals surface area contributed by atoms with Gasteiger partial charge in [0.1, 0.15) is 11.5 Å². The van der Waals surface area contributed by atoms with Gasteiger partial charge in [-0.2, -0.15) is 8.78 Å². The largest absolute Gasteiger partial charge is 0.483 e. The molecule has 132 valence electrons. The highest BCUT2D eigenvalue weighted by Crippen LogP contribution is 2.28. The van der Waals surface area contributed by atoms with E-state index < -0.39 is 6.61 Å². The molecule has 1 amide bonds. The van der Waals surface area contributed by atoms with E-state index in [-0.39, 0.29) is 18.3 Å². The van der Waals surface area contributed by atoms with Gasteiger partial charge in [0.25, 0.3) is 5.91 Å². The van der Waals surface area contributed by atoms with Gasteiger partial charge >= 0.3 is 6.61 Å². The molecule has 1 aliphatic carbocycles. The minimum atomic E-state index is -2.91. The molecule has 0 aliphatic heterocycles. The van der Waals surface area contributed by atoms with Crippen LogP contribution in [0.2, 0.25) is 0 Å². The number of aromatic nitrogens is 1. The SMILES string of the molecule is O=C(COc1ccnc2c1CCCC2)Nc1cccc(OC(F)F)c1. The van der Waals surface area contributed by atoms with Crippen LogP contribution in [0.1, 0.15) is 24.1 Å². The highest BCUT2D eigenvalue weighted by molar-refractivity contribution is 5.92. The number of hydrogen-bond donors (Lipinski definition) is 1. The number of hydrogen-bond acceptors (Lipinski definition) is 4. The molecule has 2 aromatic rings. The van der Waals surface area contributed by atoms with Crippen molar-refractivity contribution in [3.8, 4) is 11.5 Å². The molecule has 0 unspecified atom stereocenters. The highest BCUT2D eigenvalue weighted by Gasteiger charge is 2.16. The number of ether oxygens (including phenoxy) is 2. The Morgan fingerprint density at radius 2 is 2.08 bits per heavy atom. The summed E-state index contributed by atoms with van der Waals surface area (Å²) >= 11 is 0. The third-order valence-corrected chi connectivity index (χ3v) is 3.89.